The van der Waals surface area contributed by atoms with E-state index in [1.165, 1.54) is 0 Å². The van der Waals surface area contributed by atoms with Gasteiger partial charge in [-0.3, -0.25) is 0 Å². The molecule has 0 amide bonds. The first-order valence-electron chi connectivity index (χ1n) is 6.89. The van der Waals surface area contributed by atoms with Gasteiger partial charge in [-0.15, -0.1) is 0 Å². The molecule has 0 saturated heterocycles. The molecule has 3 nitrogen and oxygen atoms in total. The van der Waals surface area contributed by atoms with Crippen LogP contribution in [0.4, 0.5) is 0 Å². The summed E-state index contributed by atoms with van der Waals surface area (Å²) in [6.45, 7) is 5.07. The van der Waals surface area contributed by atoms with Gasteiger partial charge in [0.25, 0.3) is 0 Å². The fourth-order valence-electron chi connectivity index (χ4n) is 2.09. The predicted molar refractivity (Wildman–Crippen MR) is 81.3 cm³/mol. The largest absolute Gasteiger partial charge is 0.489 e. The van der Waals surface area contributed by atoms with Crippen LogP contribution in [-0.4, -0.2) is 12.6 Å². The van der Waals surface area contributed by atoms with Gasteiger partial charge in [-0.1, -0.05) is 24.6 Å². The van der Waals surface area contributed by atoms with E-state index in [2.05, 4.69) is 12.2 Å². The minimum atomic E-state index is -0.0637. The van der Waals surface area contributed by atoms with Crippen LogP contribution in [0, 0.1) is 0 Å². The highest BCUT2D eigenvalue weighted by Gasteiger charge is 2.22. The Kier molecular flexibility index (Phi) is 5.50. The van der Waals surface area contributed by atoms with Gasteiger partial charge >= 0.3 is 0 Å². The normalized spacial score (nSPS) is 13.9. The molecule has 0 spiro atoms. The van der Waals surface area contributed by atoms with E-state index >= 15 is 0 Å². The van der Waals surface area contributed by atoms with Gasteiger partial charge in [-0.25, -0.2) is 0 Å². The molecular formula is C16H20ClNO2. The predicted octanol–water partition coefficient (Wildman–Crippen LogP) is 4.44. The minimum absolute atomic E-state index is 0.0175. The molecule has 2 aromatic rings. The standard InChI is InChI=1S/C16H20ClNO2/c1-3-9-18-16(15-8-5-10-19-15)12(2)20-14-7-4-6-13(17)11-14/h4-8,10-12,16,18H,3,9H2,1-2H3. The summed E-state index contributed by atoms with van der Waals surface area (Å²) in [5.74, 6) is 1.65. The van der Waals surface area contributed by atoms with E-state index in [1.807, 2.05) is 43.3 Å². The van der Waals surface area contributed by atoms with Crippen molar-refractivity contribution in [3.05, 3.63) is 53.4 Å². The first kappa shape index (κ1) is 14.9. The Bertz CT molecular complexity index is 513. The van der Waals surface area contributed by atoms with Crippen molar-refractivity contribution < 1.29 is 9.15 Å². The van der Waals surface area contributed by atoms with Crippen LogP contribution >= 0.6 is 11.6 Å². The summed E-state index contributed by atoms with van der Waals surface area (Å²) >= 11 is 5.98. The number of benzene rings is 1. The lowest BCUT2D eigenvalue weighted by molar-refractivity contribution is 0.157. The van der Waals surface area contributed by atoms with Crippen molar-refractivity contribution in [1.82, 2.24) is 5.32 Å². The molecule has 0 fully saturated rings. The maximum atomic E-state index is 5.98. The van der Waals surface area contributed by atoms with Crippen LogP contribution in [0.25, 0.3) is 0 Å². The molecule has 20 heavy (non-hydrogen) atoms. The Balaban J connectivity index is 2.08. The van der Waals surface area contributed by atoms with Crippen molar-refractivity contribution in [2.45, 2.75) is 32.4 Å². The lowest BCUT2D eigenvalue weighted by Gasteiger charge is -2.24. The Labute approximate surface area is 124 Å². The zero-order chi connectivity index (χ0) is 14.4. The van der Waals surface area contributed by atoms with E-state index in [9.17, 15) is 0 Å². The lowest BCUT2D eigenvalue weighted by Crippen LogP contribution is -2.34. The molecule has 0 aliphatic heterocycles. The van der Waals surface area contributed by atoms with Crippen molar-refractivity contribution >= 4 is 11.6 Å². The first-order chi connectivity index (χ1) is 9.70. The molecule has 2 rings (SSSR count). The summed E-state index contributed by atoms with van der Waals surface area (Å²) in [7, 11) is 0. The first-order valence-corrected chi connectivity index (χ1v) is 7.27. The molecule has 1 N–H and O–H groups in total. The number of hydrogen-bond acceptors (Lipinski definition) is 3. The molecule has 4 heteroatoms. The second-order valence-electron chi connectivity index (χ2n) is 4.73. The van der Waals surface area contributed by atoms with Crippen molar-refractivity contribution in [2.75, 3.05) is 6.54 Å². The van der Waals surface area contributed by atoms with E-state index in [-0.39, 0.29) is 12.1 Å². The van der Waals surface area contributed by atoms with Gasteiger partial charge in [0, 0.05) is 5.02 Å². The van der Waals surface area contributed by atoms with Crippen LogP contribution in [0.5, 0.6) is 5.75 Å². The third-order valence-corrected chi connectivity index (χ3v) is 3.29. The molecule has 1 aromatic carbocycles. The average Bonchev–Trinajstić information content (AvgIpc) is 2.93. The van der Waals surface area contributed by atoms with Gasteiger partial charge in [-0.05, 0) is 50.2 Å². The molecule has 0 saturated carbocycles. The van der Waals surface area contributed by atoms with Gasteiger partial charge in [0.05, 0.1) is 6.26 Å². The minimum Gasteiger partial charge on any atom is -0.489 e. The molecule has 0 bridgehead atoms. The Morgan fingerprint density at radius 1 is 1.30 bits per heavy atom. The van der Waals surface area contributed by atoms with Gasteiger partial charge in [0.15, 0.2) is 0 Å². The third-order valence-electron chi connectivity index (χ3n) is 3.05. The van der Waals surface area contributed by atoms with E-state index in [0.29, 0.717) is 5.02 Å². The Hall–Kier alpha value is -1.45. The SMILES string of the molecule is CCCNC(c1ccco1)C(C)Oc1cccc(Cl)c1. The van der Waals surface area contributed by atoms with Gasteiger partial charge in [0.2, 0.25) is 0 Å². The topological polar surface area (TPSA) is 34.4 Å². The van der Waals surface area contributed by atoms with E-state index < -0.39 is 0 Å². The Morgan fingerprint density at radius 2 is 2.15 bits per heavy atom. The highest BCUT2D eigenvalue weighted by Crippen LogP contribution is 2.24. The van der Waals surface area contributed by atoms with E-state index in [1.54, 1.807) is 6.26 Å². The highest BCUT2D eigenvalue weighted by molar-refractivity contribution is 6.30. The van der Waals surface area contributed by atoms with E-state index in [4.69, 9.17) is 20.8 Å². The van der Waals surface area contributed by atoms with Crippen LogP contribution in [0.15, 0.2) is 47.1 Å². The molecule has 2 atom stereocenters. The second kappa shape index (κ2) is 7.36. The van der Waals surface area contributed by atoms with E-state index in [0.717, 1.165) is 24.5 Å². The zero-order valence-electron chi connectivity index (χ0n) is 11.8. The zero-order valence-corrected chi connectivity index (χ0v) is 12.6. The fraction of sp³-hybridized carbons (Fsp3) is 0.375. The number of halogens is 1. The molecule has 0 aliphatic carbocycles. The monoisotopic (exact) mass is 293 g/mol. The summed E-state index contributed by atoms with van der Waals surface area (Å²) < 4.78 is 11.5. The summed E-state index contributed by atoms with van der Waals surface area (Å²) in [6, 6.07) is 11.3. The Morgan fingerprint density at radius 3 is 2.80 bits per heavy atom. The van der Waals surface area contributed by atoms with Crippen molar-refractivity contribution in [3.8, 4) is 5.75 Å². The quantitative estimate of drug-likeness (QED) is 0.819. The van der Waals surface area contributed by atoms with Crippen LogP contribution in [0.3, 0.4) is 0 Å². The fourth-order valence-corrected chi connectivity index (χ4v) is 2.27. The van der Waals surface area contributed by atoms with Crippen molar-refractivity contribution in [2.24, 2.45) is 0 Å². The number of ether oxygens (including phenoxy) is 1. The van der Waals surface area contributed by atoms with Gasteiger partial charge in [-0.2, -0.15) is 0 Å². The summed E-state index contributed by atoms with van der Waals surface area (Å²) in [5.41, 5.74) is 0. The van der Waals surface area contributed by atoms with Gasteiger partial charge < -0.3 is 14.5 Å². The number of rotatable bonds is 7. The summed E-state index contributed by atoms with van der Waals surface area (Å²) in [4.78, 5) is 0. The third kappa shape index (κ3) is 4.02. The average molecular weight is 294 g/mol. The lowest BCUT2D eigenvalue weighted by atomic mass is 10.1. The summed E-state index contributed by atoms with van der Waals surface area (Å²) in [6.07, 6.45) is 2.68. The summed E-state index contributed by atoms with van der Waals surface area (Å²) in [5, 5.41) is 4.13. The molecule has 1 heterocycles. The van der Waals surface area contributed by atoms with Crippen LogP contribution in [-0.2, 0) is 0 Å². The van der Waals surface area contributed by atoms with Crippen LogP contribution in [0.2, 0.25) is 5.02 Å². The maximum Gasteiger partial charge on any atom is 0.124 e. The van der Waals surface area contributed by atoms with Crippen LogP contribution < -0.4 is 10.1 Å². The molecular weight excluding hydrogens is 274 g/mol. The second-order valence-corrected chi connectivity index (χ2v) is 5.16. The molecule has 0 aliphatic rings. The van der Waals surface area contributed by atoms with Crippen molar-refractivity contribution in [1.29, 1.82) is 0 Å². The van der Waals surface area contributed by atoms with Crippen LogP contribution in [0.1, 0.15) is 32.1 Å². The highest BCUT2D eigenvalue weighted by atomic mass is 35.5. The van der Waals surface area contributed by atoms with Gasteiger partial charge in [0.1, 0.15) is 23.7 Å². The maximum absolute atomic E-state index is 5.98. The molecule has 0 radical (unpaired) electrons. The molecule has 108 valence electrons. The van der Waals surface area contributed by atoms with Crippen molar-refractivity contribution in [3.63, 3.8) is 0 Å². The molecule has 2 unspecified atom stereocenters. The smallest absolute Gasteiger partial charge is 0.124 e. The number of nitrogens with one attached hydrogen (secondary N) is 1. The number of hydrogen-bond donors (Lipinski definition) is 1. The number of furan rings is 1. The molecule has 1 aromatic heterocycles.